The van der Waals surface area contributed by atoms with Gasteiger partial charge in [0.2, 0.25) is 0 Å². The predicted molar refractivity (Wildman–Crippen MR) is 60.9 cm³/mol. The van der Waals surface area contributed by atoms with Gasteiger partial charge in [0.05, 0.1) is 5.56 Å². The third-order valence-corrected chi connectivity index (χ3v) is 3.08. The topological polar surface area (TPSA) is 40.5 Å². The lowest BCUT2D eigenvalue weighted by Crippen LogP contribution is -2.27. The average Bonchev–Trinajstić information content (AvgIpc) is 2.74. The third-order valence-electron chi connectivity index (χ3n) is 2.58. The van der Waals surface area contributed by atoms with Crippen molar-refractivity contribution < 1.29 is 9.90 Å². The lowest BCUT2D eigenvalue weighted by atomic mass is 10.2. The van der Waals surface area contributed by atoms with E-state index in [1.807, 2.05) is 0 Å². The Kier molecular flexibility index (Phi) is 2.95. The Hall–Kier alpha value is -1.03. The molecule has 3 nitrogen and oxygen atoms in total. The molecule has 1 amide bonds. The van der Waals surface area contributed by atoms with Crippen molar-refractivity contribution >= 4 is 21.8 Å². The van der Waals surface area contributed by atoms with E-state index in [1.165, 1.54) is 6.07 Å². The van der Waals surface area contributed by atoms with E-state index in [0.717, 1.165) is 30.4 Å². The van der Waals surface area contributed by atoms with E-state index < -0.39 is 0 Å². The van der Waals surface area contributed by atoms with E-state index >= 15 is 0 Å². The van der Waals surface area contributed by atoms with Crippen LogP contribution in [-0.2, 0) is 0 Å². The molecule has 0 unspecified atom stereocenters. The molecule has 1 aromatic carbocycles. The van der Waals surface area contributed by atoms with Crippen LogP contribution in [-0.4, -0.2) is 29.0 Å². The number of halogens is 1. The second-order valence-corrected chi connectivity index (χ2v) is 4.58. The fourth-order valence-corrected chi connectivity index (χ4v) is 2.13. The minimum Gasteiger partial charge on any atom is -0.507 e. The number of benzene rings is 1. The molecular formula is C11H12BrNO2. The molecule has 0 radical (unpaired) electrons. The molecule has 80 valence electrons. The lowest BCUT2D eigenvalue weighted by molar-refractivity contribution is 0.0790. The van der Waals surface area contributed by atoms with Crippen LogP contribution in [0.25, 0.3) is 0 Å². The molecule has 1 aliphatic heterocycles. The number of carbonyl (C=O) groups is 1. The van der Waals surface area contributed by atoms with Gasteiger partial charge in [-0.15, -0.1) is 0 Å². The smallest absolute Gasteiger partial charge is 0.257 e. The summed E-state index contributed by atoms with van der Waals surface area (Å²) >= 11 is 3.29. The quantitative estimate of drug-likeness (QED) is 0.851. The normalized spacial score (nSPS) is 15.7. The molecule has 0 atom stereocenters. The summed E-state index contributed by atoms with van der Waals surface area (Å²) < 4.78 is 0.808. The van der Waals surface area contributed by atoms with Gasteiger partial charge in [0.25, 0.3) is 5.91 Å². The maximum atomic E-state index is 12.0. The SMILES string of the molecule is O=C(c1cc(Br)ccc1O)N1CCCC1. The summed E-state index contributed by atoms with van der Waals surface area (Å²) in [7, 11) is 0. The Bertz CT molecular complexity index is 386. The van der Waals surface area contributed by atoms with Crippen molar-refractivity contribution in [1.82, 2.24) is 4.90 Å². The van der Waals surface area contributed by atoms with E-state index in [1.54, 1.807) is 17.0 Å². The first-order valence-electron chi connectivity index (χ1n) is 4.96. The molecule has 2 rings (SSSR count). The number of hydrogen-bond acceptors (Lipinski definition) is 2. The number of likely N-dealkylation sites (tertiary alicyclic amines) is 1. The Morgan fingerprint density at radius 1 is 1.33 bits per heavy atom. The molecule has 4 heteroatoms. The largest absolute Gasteiger partial charge is 0.507 e. The second-order valence-electron chi connectivity index (χ2n) is 3.66. The van der Waals surface area contributed by atoms with Crippen LogP contribution in [0.2, 0.25) is 0 Å². The highest BCUT2D eigenvalue weighted by Gasteiger charge is 2.21. The molecule has 15 heavy (non-hydrogen) atoms. The number of rotatable bonds is 1. The van der Waals surface area contributed by atoms with Crippen LogP contribution in [0.5, 0.6) is 5.75 Å². The van der Waals surface area contributed by atoms with Crippen molar-refractivity contribution in [3.05, 3.63) is 28.2 Å². The molecule has 0 bridgehead atoms. The number of nitrogens with zero attached hydrogens (tertiary/aromatic N) is 1. The van der Waals surface area contributed by atoms with Gasteiger partial charge >= 0.3 is 0 Å². The molecule has 1 aliphatic rings. The third kappa shape index (κ3) is 2.15. The summed E-state index contributed by atoms with van der Waals surface area (Å²) in [6.45, 7) is 1.59. The number of phenolic OH excluding ortho intramolecular Hbond substituents is 1. The molecule has 1 fully saturated rings. The summed E-state index contributed by atoms with van der Waals surface area (Å²) in [6.07, 6.45) is 2.11. The van der Waals surface area contributed by atoms with E-state index in [-0.39, 0.29) is 11.7 Å². The maximum absolute atomic E-state index is 12.0. The minimum absolute atomic E-state index is 0.0510. The average molecular weight is 270 g/mol. The second kappa shape index (κ2) is 4.23. The van der Waals surface area contributed by atoms with Crippen LogP contribution < -0.4 is 0 Å². The van der Waals surface area contributed by atoms with Gasteiger partial charge in [-0.3, -0.25) is 4.79 Å². The van der Waals surface area contributed by atoms with E-state index in [0.29, 0.717) is 5.56 Å². The lowest BCUT2D eigenvalue weighted by Gasteiger charge is -2.15. The van der Waals surface area contributed by atoms with E-state index in [2.05, 4.69) is 15.9 Å². The number of hydrogen-bond donors (Lipinski definition) is 1. The summed E-state index contributed by atoms with van der Waals surface area (Å²) in [4.78, 5) is 13.7. The fraction of sp³-hybridized carbons (Fsp3) is 0.364. The highest BCUT2D eigenvalue weighted by Crippen LogP contribution is 2.24. The Labute approximate surface area is 96.8 Å². The molecule has 0 saturated carbocycles. The number of phenols is 1. The van der Waals surface area contributed by atoms with Crippen LogP contribution in [0.4, 0.5) is 0 Å². The van der Waals surface area contributed by atoms with Crippen LogP contribution in [0.1, 0.15) is 23.2 Å². The van der Waals surface area contributed by atoms with Crippen molar-refractivity contribution in [2.45, 2.75) is 12.8 Å². The van der Waals surface area contributed by atoms with Crippen molar-refractivity contribution in [3.8, 4) is 5.75 Å². The standard InChI is InChI=1S/C11H12BrNO2/c12-8-3-4-10(14)9(7-8)11(15)13-5-1-2-6-13/h3-4,7,14H,1-2,5-6H2. The van der Waals surface area contributed by atoms with E-state index in [9.17, 15) is 9.90 Å². The molecule has 1 heterocycles. The molecule has 0 aliphatic carbocycles. The van der Waals surface area contributed by atoms with Gasteiger partial charge in [0.1, 0.15) is 5.75 Å². The van der Waals surface area contributed by atoms with Crippen molar-refractivity contribution in [1.29, 1.82) is 0 Å². The van der Waals surface area contributed by atoms with Gasteiger partial charge in [-0.05, 0) is 31.0 Å². The van der Waals surface area contributed by atoms with E-state index in [4.69, 9.17) is 0 Å². The van der Waals surface area contributed by atoms with Crippen molar-refractivity contribution in [3.63, 3.8) is 0 Å². The zero-order chi connectivity index (χ0) is 10.8. The maximum Gasteiger partial charge on any atom is 0.257 e. The monoisotopic (exact) mass is 269 g/mol. The summed E-state index contributed by atoms with van der Waals surface area (Å²) in [5.74, 6) is -0.0265. The van der Waals surface area contributed by atoms with Gasteiger partial charge in [-0.2, -0.15) is 0 Å². The Morgan fingerprint density at radius 3 is 2.67 bits per heavy atom. The molecule has 1 saturated heterocycles. The van der Waals surface area contributed by atoms with Gasteiger partial charge in [0, 0.05) is 17.6 Å². The van der Waals surface area contributed by atoms with Crippen molar-refractivity contribution in [2.75, 3.05) is 13.1 Å². The van der Waals surface area contributed by atoms with Crippen LogP contribution in [0.15, 0.2) is 22.7 Å². The molecule has 1 N–H and O–H groups in total. The highest BCUT2D eigenvalue weighted by atomic mass is 79.9. The first-order chi connectivity index (χ1) is 7.18. The van der Waals surface area contributed by atoms with Crippen LogP contribution in [0.3, 0.4) is 0 Å². The fourth-order valence-electron chi connectivity index (χ4n) is 1.77. The van der Waals surface area contributed by atoms with Gasteiger partial charge in [0.15, 0.2) is 0 Å². The molecule has 0 spiro atoms. The first-order valence-corrected chi connectivity index (χ1v) is 5.75. The minimum atomic E-state index is -0.0775. The van der Waals surface area contributed by atoms with Gasteiger partial charge in [-0.25, -0.2) is 0 Å². The van der Waals surface area contributed by atoms with Crippen LogP contribution >= 0.6 is 15.9 Å². The molecular weight excluding hydrogens is 258 g/mol. The molecule has 1 aromatic rings. The zero-order valence-electron chi connectivity index (χ0n) is 8.24. The summed E-state index contributed by atoms with van der Waals surface area (Å²) in [5.41, 5.74) is 0.381. The number of amides is 1. The molecule has 0 aromatic heterocycles. The zero-order valence-corrected chi connectivity index (χ0v) is 9.83. The van der Waals surface area contributed by atoms with Crippen LogP contribution in [0, 0.1) is 0 Å². The Balaban J connectivity index is 2.27. The first kappa shape index (κ1) is 10.5. The van der Waals surface area contributed by atoms with Crippen molar-refractivity contribution in [2.24, 2.45) is 0 Å². The summed E-state index contributed by atoms with van der Waals surface area (Å²) in [6, 6.07) is 4.92. The summed E-state index contributed by atoms with van der Waals surface area (Å²) in [5, 5.41) is 9.60. The highest BCUT2D eigenvalue weighted by molar-refractivity contribution is 9.10. The van der Waals surface area contributed by atoms with Gasteiger partial charge < -0.3 is 10.0 Å². The number of carbonyl (C=O) groups excluding carboxylic acids is 1. The predicted octanol–water partition coefficient (Wildman–Crippen LogP) is 2.39. The number of aromatic hydroxyl groups is 1. The van der Waals surface area contributed by atoms with Gasteiger partial charge in [-0.1, -0.05) is 15.9 Å². The Morgan fingerprint density at radius 2 is 2.00 bits per heavy atom.